The molecule has 7 heavy (non-hydrogen) atoms. The SMILES string of the molecule is C1=C[C@H]2CCC2C1. The fourth-order valence-electron chi connectivity index (χ4n) is 1.57. The second-order valence-electron chi connectivity index (χ2n) is 2.67. The minimum Gasteiger partial charge on any atom is -0.0880 e. The zero-order chi connectivity index (χ0) is 4.69. The fourth-order valence-corrected chi connectivity index (χ4v) is 1.57. The summed E-state index contributed by atoms with van der Waals surface area (Å²) >= 11 is 0. The molecular formula is C7H10. The van der Waals surface area contributed by atoms with E-state index < -0.39 is 0 Å². The van der Waals surface area contributed by atoms with Gasteiger partial charge >= 0.3 is 0 Å². The van der Waals surface area contributed by atoms with Gasteiger partial charge in [0.05, 0.1) is 0 Å². The van der Waals surface area contributed by atoms with E-state index in [4.69, 9.17) is 0 Å². The molecule has 0 spiro atoms. The van der Waals surface area contributed by atoms with Crippen molar-refractivity contribution in [2.75, 3.05) is 0 Å². The first-order valence-corrected chi connectivity index (χ1v) is 3.13. The minimum atomic E-state index is 1.01. The molecule has 0 N–H and O–H groups in total. The summed E-state index contributed by atoms with van der Waals surface area (Å²) in [5.41, 5.74) is 0. The van der Waals surface area contributed by atoms with Gasteiger partial charge in [-0.2, -0.15) is 0 Å². The molecule has 0 amide bonds. The van der Waals surface area contributed by atoms with E-state index in [0.29, 0.717) is 0 Å². The van der Waals surface area contributed by atoms with Crippen LogP contribution in [0.25, 0.3) is 0 Å². The molecule has 0 nitrogen and oxygen atoms in total. The third-order valence-electron chi connectivity index (χ3n) is 2.30. The van der Waals surface area contributed by atoms with Crippen molar-refractivity contribution in [1.29, 1.82) is 0 Å². The van der Waals surface area contributed by atoms with Crippen LogP contribution in [0.5, 0.6) is 0 Å². The van der Waals surface area contributed by atoms with E-state index in [1.165, 1.54) is 19.3 Å². The molecule has 1 fully saturated rings. The number of hydrogen-bond acceptors (Lipinski definition) is 0. The van der Waals surface area contributed by atoms with Crippen molar-refractivity contribution in [2.24, 2.45) is 11.8 Å². The molecule has 0 aromatic rings. The van der Waals surface area contributed by atoms with Gasteiger partial charge in [-0.1, -0.05) is 12.2 Å². The van der Waals surface area contributed by atoms with Crippen LogP contribution in [0.15, 0.2) is 12.2 Å². The summed E-state index contributed by atoms with van der Waals surface area (Å²) in [7, 11) is 0. The molecule has 0 heteroatoms. The molecule has 0 bridgehead atoms. The molecule has 0 heterocycles. The third kappa shape index (κ3) is 0.370. The van der Waals surface area contributed by atoms with Gasteiger partial charge in [-0.05, 0) is 31.1 Å². The predicted octanol–water partition coefficient (Wildman–Crippen LogP) is 1.97. The number of fused-ring (bicyclic) bond motifs is 1. The highest BCUT2D eigenvalue weighted by atomic mass is 14.3. The first-order chi connectivity index (χ1) is 3.47. The fraction of sp³-hybridized carbons (Fsp3) is 0.714. The lowest BCUT2D eigenvalue weighted by atomic mass is 9.76. The Labute approximate surface area is 44.2 Å². The first kappa shape index (κ1) is 3.71. The maximum absolute atomic E-state index is 2.38. The largest absolute Gasteiger partial charge is 0.0880 e. The van der Waals surface area contributed by atoms with Gasteiger partial charge in [0, 0.05) is 0 Å². The van der Waals surface area contributed by atoms with Crippen LogP contribution in [0.2, 0.25) is 0 Å². The third-order valence-corrected chi connectivity index (χ3v) is 2.30. The van der Waals surface area contributed by atoms with Crippen LogP contribution in [0.1, 0.15) is 19.3 Å². The van der Waals surface area contributed by atoms with Crippen LogP contribution in [-0.2, 0) is 0 Å². The van der Waals surface area contributed by atoms with Gasteiger partial charge in [-0.25, -0.2) is 0 Å². The van der Waals surface area contributed by atoms with Gasteiger partial charge in [0.1, 0.15) is 0 Å². The highest BCUT2D eigenvalue weighted by Gasteiger charge is 2.30. The number of allylic oxidation sites excluding steroid dienone is 2. The second-order valence-corrected chi connectivity index (χ2v) is 2.67. The van der Waals surface area contributed by atoms with Gasteiger partial charge in [0.15, 0.2) is 0 Å². The summed E-state index contributed by atoms with van der Waals surface area (Å²) in [6, 6.07) is 0. The van der Waals surface area contributed by atoms with E-state index in [2.05, 4.69) is 12.2 Å². The van der Waals surface area contributed by atoms with Crippen LogP contribution in [0, 0.1) is 11.8 Å². The van der Waals surface area contributed by atoms with E-state index in [1.807, 2.05) is 0 Å². The quantitative estimate of drug-likeness (QED) is 0.402. The second kappa shape index (κ2) is 1.12. The molecule has 0 radical (unpaired) electrons. The van der Waals surface area contributed by atoms with E-state index in [1.54, 1.807) is 0 Å². The summed E-state index contributed by atoms with van der Waals surface area (Å²) in [6.07, 6.45) is 9.07. The van der Waals surface area contributed by atoms with E-state index in [-0.39, 0.29) is 0 Å². The summed E-state index contributed by atoms with van der Waals surface area (Å²) in [5, 5.41) is 0. The van der Waals surface area contributed by atoms with Crippen molar-refractivity contribution in [1.82, 2.24) is 0 Å². The first-order valence-electron chi connectivity index (χ1n) is 3.13. The smallest absolute Gasteiger partial charge is 0.0202 e. The van der Waals surface area contributed by atoms with E-state index in [0.717, 1.165) is 11.8 Å². The summed E-state index contributed by atoms with van der Waals surface area (Å²) in [4.78, 5) is 0. The standard InChI is InChI=1S/C7H10/c1-2-6-4-5-7(6)3-1/h1-2,6-7H,3-5H2/t6-,7?/m0/s1. The number of hydrogen-bond donors (Lipinski definition) is 0. The Morgan fingerprint density at radius 2 is 2.29 bits per heavy atom. The van der Waals surface area contributed by atoms with Crippen LogP contribution in [0.4, 0.5) is 0 Å². The van der Waals surface area contributed by atoms with Gasteiger partial charge < -0.3 is 0 Å². The molecular weight excluding hydrogens is 84.1 g/mol. The lowest BCUT2D eigenvalue weighted by molar-refractivity contribution is 0.249. The Kier molecular flexibility index (Phi) is 0.592. The Hall–Kier alpha value is -0.260. The Balaban J connectivity index is 2.14. The average Bonchev–Trinajstić information content (AvgIpc) is 1.85. The zero-order valence-corrected chi connectivity index (χ0v) is 4.43. The van der Waals surface area contributed by atoms with Crippen LogP contribution in [0.3, 0.4) is 0 Å². The Bertz CT molecular complexity index is 103. The van der Waals surface area contributed by atoms with Crippen LogP contribution >= 0.6 is 0 Å². The van der Waals surface area contributed by atoms with E-state index in [9.17, 15) is 0 Å². The molecule has 1 saturated carbocycles. The highest BCUT2D eigenvalue weighted by Crippen LogP contribution is 2.41. The Morgan fingerprint density at radius 1 is 1.29 bits per heavy atom. The molecule has 38 valence electrons. The average molecular weight is 94.2 g/mol. The van der Waals surface area contributed by atoms with Crippen molar-refractivity contribution in [3.05, 3.63) is 12.2 Å². The molecule has 2 aliphatic carbocycles. The minimum absolute atomic E-state index is 1.01. The summed E-state index contributed by atoms with van der Waals surface area (Å²) in [5.74, 6) is 2.10. The number of rotatable bonds is 0. The van der Waals surface area contributed by atoms with Gasteiger partial charge in [-0.15, -0.1) is 0 Å². The van der Waals surface area contributed by atoms with Gasteiger partial charge in [-0.3, -0.25) is 0 Å². The molecule has 0 aromatic carbocycles. The maximum Gasteiger partial charge on any atom is -0.0202 e. The maximum atomic E-state index is 2.38. The molecule has 0 aliphatic heterocycles. The zero-order valence-electron chi connectivity index (χ0n) is 4.43. The van der Waals surface area contributed by atoms with Crippen molar-refractivity contribution < 1.29 is 0 Å². The predicted molar refractivity (Wildman–Crippen MR) is 30.0 cm³/mol. The normalized spacial score (nSPS) is 45.7. The molecule has 2 rings (SSSR count). The van der Waals surface area contributed by atoms with Crippen molar-refractivity contribution in [3.63, 3.8) is 0 Å². The molecule has 0 aromatic heterocycles. The van der Waals surface area contributed by atoms with Gasteiger partial charge in [0.2, 0.25) is 0 Å². The lowest BCUT2D eigenvalue weighted by Gasteiger charge is -2.29. The molecule has 2 atom stereocenters. The molecule has 2 aliphatic rings. The van der Waals surface area contributed by atoms with Crippen molar-refractivity contribution in [2.45, 2.75) is 19.3 Å². The molecule has 1 unspecified atom stereocenters. The van der Waals surface area contributed by atoms with Crippen molar-refractivity contribution >= 4 is 0 Å². The van der Waals surface area contributed by atoms with E-state index >= 15 is 0 Å². The summed E-state index contributed by atoms with van der Waals surface area (Å²) < 4.78 is 0. The Morgan fingerprint density at radius 3 is 2.57 bits per heavy atom. The summed E-state index contributed by atoms with van der Waals surface area (Å²) in [6.45, 7) is 0. The van der Waals surface area contributed by atoms with Crippen molar-refractivity contribution in [3.8, 4) is 0 Å². The van der Waals surface area contributed by atoms with Crippen LogP contribution in [-0.4, -0.2) is 0 Å². The van der Waals surface area contributed by atoms with Crippen LogP contribution < -0.4 is 0 Å². The van der Waals surface area contributed by atoms with Gasteiger partial charge in [0.25, 0.3) is 0 Å². The molecule has 0 saturated heterocycles. The highest BCUT2D eigenvalue weighted by molar-refractivity contribution is 5.05. The topological polar surface area (TPSA) is 0 Å². The lowest BCUT2D eigenvalue weighted by Crippen LogP contribution is -2.18. The monoisotopic (exact) mass is 94.1 g/mol.